The number of rotatable bonds is 5. The monoisotopic (exact) mass is 554 g/mol. The topological polar surface area (TPSA) is 119 Å². The number of thiazole rings is 1. The molecule has 38 heavy (non-hydrogen) atoms. The van der Waals surface area contributed by atoms with Gasteiger partial charge < -0.3 is 24.4 Å². The second kappa shape index (κ2) is 12.2. The zero-order chi connectivity index (χ0) is 26.3. The van der Waals surface area contributed by atoms with Crippen LogP contribution in [0.3, 0.4) is 0 Å². The molecule has 0 radical (unpaired) electrons. The van der Waals surface area contributed by atoms with Crippen LogP contribution in [0.2, 0.25) is 0 Å². The average molecular weight is 555 g/mol. The highest BCUT2D eigenvalue weighted by Crippen LogP contribution is 2.31. The molecule has 2 saturated heterocycles. The fourth-order valence-corrected chi connectivity index (χ4v) is 5.66. The smallest absolute Gasteiger partial charge is 0.320 e. The molecule has 3 N–H and O–H groups in total. The SMILES string of the molecule is O=C(NNC(=S)NCc1ccco1)c1csc(C2CCN(C(=O)N3CCN(c4ccccn4)CC3)CC2)n1. The van der Waals surface area contributed by atoms with Gasteiger partial charge in [0.25, 0.3) is 5.91 Å². The molecule has 0 bridgehead atoms. The Morgan fingerprint density at radius 1 is 1.03 bits per heavy atom. The minimum absolute atomic E-state index is 0.103. The van der Waals surface area contributed by atoms with Crippen molar-refractivity contribution in [1.29, 1.82) is 0 Å². The molecule has 13 heteroatoms. The van der Waals surface area contributed by atoms with Crippen molar-refractivity contribution in [2.24, 2.45) is 0 Å². The van der Waals surface area contributed by atoms with Crippen molar-refractivity contribution in [3.05, 3.63) is 64.6 Å². The Labute approximate surface area is 230 Å². The van der Waals surface area contributed by atoms with Gasteiger partial charge in [0.2, 0.25) is 0 Å². The molecule has 200 valence electrons. The third kappa shape index (κ3) is 6.40. The number of carbonyl (C=O) groups excluding carboxylic acids is 2. The van der Waals surface area contributed by atoms with E-state index in [4.69, 9.17) is 16.6 Å². The van der Waals surface area contributed by atoms with Gasteiger partial charge in [-0.15, -0.1) is 11.3 Å². The molecule has 0 unspecified atom stereocenters. The number of carbonyl (C=O) groups is 2. The number of piperidine rings is 1. The van der Waals surface area contributed by atoms with E-state index in [2.05, 4.69) is 31.0 Å². The molecule has 0 aromatic carbocycles. The minimum atomic E-state index is -0.355. The van der Waals surface area contributed by atoms with Crippen molar-refractivity contribution in [2.45, 2.75) is 25.3 Å². The molecule has 3 amide bonds. The summed E-state index contributed by atoms with van der Waals surface area (Å²) in [6, 6.07) is 9.62. The number of anilines is 1. The van der Waals surface area contributed by atoms with Crippen molar-refractivity contribution in [2.75, 3.05) is 44.2 Å². The van der Waals surface area contributed by atoms with Crippen LogP contribution in [0.5, 0.6) is 0 Å². The largest absolute Gasteiger partial charge is 0.467 e. The summed E-state index contributed by atoms with van der Waals surface area (Å²) in [6.07, 6.45) is 5.04. The number of amides is 3. The number of hydrazine groups is 1. The van der Waals surface area contributed by atoms with Gasteiger partial charge in [0.05, 0.1) is 17.8 Å². The first kappa shape index (κ1) is 25.9. The lowest BCUT2D eigenvalue weighted by molar-refractivity contribution is 0.0939. The van der Waals surface area contributed by atoms with Gasteiger partial charge in [-0.05, 0) is 49.3 Å². The van der Waals surface area contributed by atoms with Gasteiger partial charge in [0, 0.05) is 56.8 Å². The molecular weight excluding hydrogens is 524 g/mol. The number of piperazine rings is 1. The van der Waals surface area contributed by atoms with Gasteiger partial charge in [-0.25, -0.2) is 14.8 Å². The van der Waals surface area contributed by atoms with E-state index < -0.39 is 0 Å². The number of nitrogens with one attached hydrogen (secondary N) is 3. The van der Waals surface area contributed by atoms with E-state index in [0.717, 1.165) is 42.5 Å². The molecule has 0 atom stereocenters. The number of urea groups is 1. The predicted octanol–water partition coefficient (Wildman–Crippen LogP) is 2.56. The summed E-state index contributed by atoms with van der Waals surface area (Å²) < 4.78 is 5.24. The first-order chi connectivity index (χ1) is 18.6. The van der Waals surface area contributed by atoms with Crippen LogP contribution in [0, 0.1) is 0 Å². The maximum absolute atomic E-state index is 13.1. The van der Waals surface area contributed by atoms with Gasteiger partial charge in [0.15, 0.2) is 5.11 Å². The van der Waals surface area contributed by atoms with Gasteiger partial charge >= 0.3 is 6.03 Å². The number of furan rings is 1. The molecule has 0 aliphatic carbocycles. The molecular formula is C25H30N8O3S2. The number of hydrogen-bond acceptors (Lipinski definition) is 8. The lowest BCUT2D eigenvalue weighted by Crippen LogP contribution is -2.54. The van der Waals surface area contributed by atoms with Crippen LogP contribution in [0.1, 0.15) is 40.0 Å². The first-order valence-electron chi connectivity index (χ1n) is 12.6. The summed E-state index contributed by atoms with van der Waals surface area (Å²) in [5.41, 5.74) is 5.60. The van der Waals surface area contributed by atoms with Crippen molar-refractivity contribution in [1.82, 2.24) is 35.9 Å². The molecule has 11 nitrogen and oxygen atoms in total. The number of nitrogens with zero attached hydrogens (tertiary/aromatic N) is 5. The fourth-order valence-electron chi connectivity index (χ4n) is 4.57. The Morgan fingerprint density at radius 3 is 2.53 bits per heavy atom. The zero-order valence-electron chi connectivity index (χ0n) is 20.8. The van der Waals surface area contributed by atoms with E-state index in [1.807, 2.05) is 34.1 Å². The van der Waals surface area contributed by atoms with Gasteiger partial charge in [0.1, 0.15) is 17.3 Å². The van der Waals surface area contributed by atoms with E-state index >= 15 is 0 Å². The summed E-state index contributed by atoms with van der Waals surface area (Å²) in [5, 5.41) is 5.90. The molecule has 0 saturated carbocycles. The van der Waals surface area contributed by atoms with E-state index in [1.54, 1.807) is 23.9 Å². The van der Waals surface area contributed by atoms with Crippen LogP contribution in [-0.4, -0.2) is 76.1 Å². The Morgan fingerprint density at radius 2 is 1.82 bits per heavy atom. The van der Waals surface area contributed by atoms with Crippen LogP contribution in [0.15, 0.2) is 52.6 Å². The molecule has 3 aromatic heterocycles. The van der Waals surface area contributed by atoms with Crippen molar-refractivity contribution in [3.8, 4) is 0 Å². The molecule has 2 aliphatic heterocycles. The number of aromatic nitrogens is 2. The third-order valence-corrected chi connectivity index (χ3v) is 7.94. The Balaban J connectivity index is 1.04. The summed E-state index contributed by atoms with van der Waals surface area (Å²) in [6.45, 7) is 4.72. The van der Waals surface area contributed by atoms with Crippen molar-refractivity contribution >= 4 is 46.4 Å². The highest BCUT2D eigenvalue weighted by atomic mass is 32.1. The van der Waals surface area contributed by atoms with Crippen LogP contribution in [0.4, 0.5) is 10.6 Å². The van der Waals surface area contributed by atoms with E-state index in [1.165, 1.54) is 11.3 Å². The van der Waals surface area contributed by atoms with Crippen LogP contribution >= 0.6 is 23.6 Å². The lowest BCUT2D eigenvalue weighted by Gasteiger charge is -2.39. The van der Waals surface area contributed by atoms with Crippen molar-refractivity contribution < 1.29 is 14.0 Å². The Kier molecular flexibility index (Phi) is 8.34. The zero-order valence-corrected chi connectivity index (χ0v) is 22.5. The van der Waals surface area contributed by atoms with Gasteiger partial charge in [-0.3, -0.25) is 15.6 Å². The number of likely N-dealkylation sites (tertiary alicyclic amines) is 1. The predicted molar refractivity (Wildman–Crippen MR) is 148 cm³/mol. The second-order valence-corrected chi connectivity index (χ2v) is 10.4. The highest BCUT2D eigenvalue weighted by molar-refractivity contribution is 7.80. The minimum Gasteiger partial charge on any atom is -0.467 e. The quantitative estimate of drug-likeness (QED) is 0.323. The normalized spacial score (nSPS) is 16.3. The highest BCUT2D eigenvalue weighted by Gasteiger charge is 2.30. The molecule has 3 aromatic rings. The summed E-state index contributed by atoms with van der Waals surface area (Å²) >= 11 is 6.65. The van der Waals surface area contributed by atoms with E-state index in [9.17, 15) is 9.59 Å². The number of thiocarbonyl (C=S) groups is 1. The summed E-state index contributed by atoms with van der Waals surface area (Å²) in [7, 11) is 0. The van der Waals surface area contributed by atoms with Crippen LogP contribution < -0.4 is 21.1 Å². The molecule has 5 heterocycles. The fraction of sp³-hybridized carbons (Fsp3) is 0.400. The van der Waals surface area contributed by atoms with Gasteiger partial charge in [-0.1, -0.05) is 6.07 Å². The second-order valence-electron chi connectivity index (χ2n) is 9.12. The van der Waals surface area contributed by atoms with E-state index in [-0.39, 0.29) is 23.0 Å². The van der Waals surface area contributed by atoms with Gasteiger partial charge in [-0.2, -0.15) is 0 Å². The number of hydrogen-bond donors (Lipinski definition) is 3. The Bertz CT molecular complexity index is 1220. The first-order valence-corrected chi connectivity index (χ1v) is 13.9. The summed E-state index contributed by atoms with van der Waals surface area (Å²) in [4.78, 5) is 40.7. The van der Waals surface area contributed by atoms with Crippen molar-refractivity contribution in [3.63, 3.8) is 0 Å². The molecule has 0 spiro atoms. The maximum Gasteiger partial charge on any atom is 0.320 e. The molecule has 5 rings (SSSR count). The van der Waals surface area contributed by atoms with Crippen LogP contribution in [0.25, 0.3) is 0 Å². The maximum atomic E-state index is 13.1. The molecule has 2 aliphatic rings. The Hall–Kier alpha value is -3.71. The standard InChI is InChI=1S/C25H30N8O3S2/c34-22(29-30-24(37)27-16-19-4-3-15-36-19)20-17-38-23(28-20)18-6-9-32(10-7-18)25(35)33-13-11-31(12-14-33)21-5-1-2-8-26-21/h1-5,8,15,17-18H,6-7,9-14,16H2,(H,29,34)(H2,27,30,37). The van der Waals surface area contributed by atoms with E-state index in [0.29, 0.717) is 38.4 Å². The number of pyridine rings is 1. The summed E-state index contributed by atoms with van der Waals surface area (Å²) in [5.74, 6) is 1.57. The van der Waals surface area contributed by atoms with Crippen LogP contribution in [-0.2, 0) is 6.54 Å². The average Bonchev–Trinajstić information content (AvgIpc) is 3.68. The third-order valence-electron chi connectivity index (χ3n) is 6.69. The molecule has 2 fully saturated rings. The lowest BCUT2D eigenvalue weighted by atomic mass is 9.98.